The molecule has 1 aliphatic rings. The minimum Gasteiger partial charge on any atom is -0.497 e. The first-order valence-corrected chi connectivity index (χ1v) is 7.27. The van der Waals surface area contributed by atoms with E-state index in [0.717, 1.165) is 51.4 Å². The van der Waals surface area contributed by atoms with Crippen LogP contribution in [0.4, 0.5) is 0 Å². The van der Waals surface area contributed by atoms with Gasteiger partial charge >= 0.3 is 0 Å². The molecule has 1 aromatic carbocycles. The van der Waals surface area contributed by atoms with Gasteiger partial charge in [-0.15, -0.1) is 0 Å². The fraction of sp³-hybridized carbons (Fsp3) is 0.625. The zero-order chi connectivity index (χ0) is 14.4. The summed E-state index contributed by atoms with van der Waals surface area (Å²) in [4.78, 5) is 2.35. The van der Waals surface area contributed by atoms with Crippen LogP contribution in [-0.2, 0) is 11.3 Å². The Balaban J connectivity index is 1.95. The zero-order valence-corrected chi connectivity index (χ0v) is 12.6. The third-order valence-electron chi connectivity index (χ3n) is 4.18. The van der Waals surface area contributed by atoms with Crippen LogP contribution in [0.1, 0.15) is 18.4 Å². The first-order chi connectivity index (χ1) is 9.67. The minimum absolute atomic E-state index is 0.214. The Morgan fingerprint density at radius 2 is 2.10 bits per heavy atom. The highest BCUT2D eigenvalue weighted by Gasteiger charge is 2.32. The summed E-state index contributed by atoms with van der Waals surface area (Å²) in [5.74, 6) is 0.913. The smallest absolute Gasteiger partial charge is 0.119 e. The van der Waals surface area contributed by atoms with Crippen LogP contribution in [0.5, 0.6) is 5.75 Å². The fourth-order valence-corrected chi connectivity index (χ4v) is 2.94. The second-order valence-electron chi connectivity index (χ2n) is 5.84. The quantitative estimate of drug-likeness (QED) is 0.863. The normalized spacial score (nSPS) is 18.2. The standard InChI is InChI=1S/C16H26N2O2/c1-18(11-14-4-3-5-15(10-14)19-2)13-16(12-17)6-8-20-9-7-16/h3-5,10H,6-9,11-13,17H2,1-2H3. The minimum atomic E-state index is 0.214. The molecule has 0 atom stereocenters. The van der Waals surface area contributed by atoms with Gasteiger partial charge in [0, 0.05) is 26.3 Å². The lowest BCUT2D eigenvalue weighted by Gasteiger charge is -2.39. The van der Waals surface area contributed by atoms with E-state index in [0.29, 0.717) is 0 Å². The summed E-state index contributed by atoms with van der Waals surface area (Å²) in [6, 6.07) is 8.24. The predicted octanol–water partition coefficient (Wildman–Crippen LogP) is 1.88. The lowest BCUT2D eigenvalue weighted by Crippen LogP contribution is -2.44. The lowest BCUT2D eigenvalue weighted by molar-refractivity contribution is 0.00267. The van der Waals surface area contributed by atoms with Crippen LogP contribution in [0, 0.1) is 5.41 Å². The molecular weight excluding hydrogens is 252 g/mol. The van der Waals surface area contributed by atoms with Crippen molar-refractivity contribution in [1.82, 2.24) is 4.90 Å². The number of nitrogens with zero attached hydrogens (tertiary/aromatic N) is 1. The molecule has 0 saturated carbocycles. The number of hydrogen-bond donors (Lipinski definition) is 1. The highest BCUT2D eigenvalue weighted by atomic mass is 16.5. The zero-order valence-electron chi connectivity index (χ0n) is 12.6. The molecule has 0 aliphatic carbocycles. The molecule has 0 bridgehead atoms. The van der Waals surface area contributed by atoms with Gasteiger partial charge in [0.25, 0.3) is 0 Å². The molecule has 0 radical (unpaired) electrons. The van der Waals surface area contributed by atoms with Crippen LogP contribution in [0.2, 0.25) is 0 Å². The highest BCUT2D eigenvalue weighted by Crippen LogP contribution is 2.30. The van der Waals surface area contributed by atoms with Gasteiger partial charge in [0.15, 0.2) is 0 Å². The number of benzene rings is 1. The summed E-state index contributed by atoms with van der Waals surface area (Å²) in [5, 5.41) is 0. The van der Waals surface area contributed by atoms with E-state index in [1.165, 1.54) is 5.56 Å². The van der Waals surface area contributed by atoms with Gasteiger partial charge in [-0.1, -0.05) is 12.1 Å². The van der Waals surface area contributed by atoms with Crippen LogP contribution >= 0.6 is 0 Å². The van der Waals surface area contributed by atoms with Crippen molar-refractivity contribution in [3.05, 3.63) is 29.8 Å². The van der Waals surface area contributed by atoms with Crippen LogP contribution in [-0.4, -0.2) is 45.4 Å². The van der Waals surface area contributed by atoms with Crippen molar-refractivity contribution < 1.29 is 9.47 Å². The summed E-state index contributed by atoms with van der Waals surface area (Å²) in [6.45, 7) is 4.34. The summed E-state index contributed by atoms with van der Waals surface area (Å²) >= 11 is 0. The van der Waals surface area contributed by atoms with Gasteiger partial charge in [-0.2, -0.15) is 0 Å². The second kappa shape index (κ2) is 7.07. The van der Waals surface area contributed by atoms with Crippen LogP contribution in [0.25, 0.3) is 0 Å². The molecule has 1 fully saturated rings. The molecule has 1 saturated heterocycles. The van der Waals surface area contributed by atoms with Crippen LogP contribution in [0.3, 0.4) is 0 Å². The maximum Gasteiger partial charge on any atom is 0.119 e. The SMILES string of the molecule is COc1cccc(CN(C)CC2(CN)CCOCC2)c1. The number of methoxy groups -OCH3 is 1. The molecule has 0 aromatic heterocycles. The van der Waals surface area contributed by atoms with E-state index in [1.807, 2.05) is 12.1 Å². The molecule has 2 N–H and O–H groups in total. The van der Waals surface area contributed by atoms with Crippen molar-refractivity contribution in [2.45, 2.75) is 19.4 Å². The van der Waals surface area contributed by atoms with Crippen molar-refractivity contribution in [3.8, 4) is 5.75 Å². The van der Waals surface area contributed by atoms with Crippen LogP contribution in [0.15, 0.2) is 24.3 Å². The van der Waals surface area contributed by atoms with Crippen molar-refractivity contribution >= 4 is 0 Å². The number of hydrogen-bond acceptors (Lipinski definition) is 4. The van der Waals surface area contributed by atoms with Crippen molar-refractivity contribution in [1.29, 1.82) is 0 Å². The van der Waals surface area contributed by atoms with Crippen molar-refractivity contribution in [3.63, 3.8) is 0 Å². The molecule has 0 amide bonds. The molecule has 4 nitrogen and oxygen atoms in total. The molecule has 20 heavy (non-hydrogen) atoms. The fourth-order valence-electron chi connectivity index (χ4n) is 2.94. The van der Waals surface area contributed by atoms with E-state index in [2.05, 4.69) is 24.1 Å². The maximum absolute atomic E-state index is 6.02. The van der Waals surface area contributed by atoms with Gasteiger partial charge in [0.1, 0.15) is 5.75 Å². The summed E-state index contributed by atoms with van der Waals surface area (Å²) in [7, 11) is 3.86. The summed E-state index contributed by atoms with van der Waals surface area (Å²) < 4.78 is 10.7. The Hall–Kier alpha value is -1.10. The number of nitrogens with two attached hydrogens (primary N) is 1. The van der Waals surface area contributed by atoms with E-state index >= 15 is 0 Å². The number of ether oxygens (including phenoxy) is 2. The maximum atomic E-state index is 6.02. The van der Waals surface area contributed by atoms with Crippen molar-refractivity contribution in [2.75, 3.05) is 40.5 Å². The molecule has 4 heteroatoms. The lowest BCUT2D eigenvalue weighted by atomic mass is 9.80. The van der Waals surface area contributed by atoms with Gasteiger partial charge < -0.3 is 20.1 Å². The van der Waals surface area contributed by atoms with E-state index in [9.17, 15) is 0 Å². The Morgan fingerprint density at radius 1 is 1.35 bits per heavy atom. The Morgan fingerprint density at radius 3 is 2.75 bits per heavy atom. The van der Waals surface area contributed by atoms with E-state index in [-0.39, 0.29) is 5.41 Å². The monoisotopic (exact) mass is 278 g/mol. The molecule has 1 aliphatic heterocycles. The average molecular weight is 278 g/mol. The molecule has 2 rings (SSSR count). The molecule has 1 heterocycles. The second-order valence-corrected chi connectivity index (χ2v) is 5.84. The molecule has 112 valence electrons. The first-order valence-electron chi connectivity index (χ1n) is 7.27. The van der Waals surface area contributed by atoms with E-state index in [4.69, 9.17) is 15.2 Å². The number of rotatable bonds is 6. The molecule has 0 unspecified atom stereocenters. The molecular formula is C16H26N2O2. The Labute approximate surface area is 121 Å². The predicted molar refractivity (Wildman–Crippen MR) is 80.9 cm³/mol. The van der Waals surface area contributed by atoms with Gasteiger partial charge in [0.2, 0.25) is 0 Å². The van der Waals surface area contributed by atoms with Crippen molar-refractivity contribution in [2.24, 2.45) is 11.1 Å². The third-order valence-corrected chi connectivity index (χ3v) is 4.18. The van der Waals surface area contributed by atoms with Gasteiger partial charge in [-0.25, -0.2) is 0 Å². The summed E-state index contributed by atoms with van der Waals surface area (Å²) in [6.07, 6.45) is 2.12. The van der Waals surface area contributed by atoms with Gasteiger partial charge in [-0.3, -0.25) is 0 Å². The largest absolute Gasteiger partial charge is 0.497 e. The Kier molecular flexibility index (Phi) is 5.40. The summed E-state index contributed by atoms with van der Waals surface area (Å²) in [5.41, 5.74) is 7.51. The van der Waals surface area contributed by atoms with Gasteiger partial charge in [-0.05, 0) is 49.5 Å². The topological polar surface area (TPSA) is 47.7 Å². The average Bonchev–Trinajstić information content (AvgIpc) is 2.48. The van der Waals surface area contributed by atoms with Gasteiger partial charge in [0.05, 0.1) is 7.11 Å². The highest BCUT2D eigenvalue weighted by molar-refractivity contribution is 5.28. The molecule has 1 aromatic rings. The van der Waals surface area contributed by atoms with Crippen LogP contribution < -0.4 is 10.5 Å². The molecule has 0 spiro atoms. The first kappa shape index (κ1) is 15.3. The van der Waals surface area contributed by atoms with E-state index in [1.54, 1.807) is 7.11 Å². The third kappa shape index (κ3) is 3.95. The van der Waals surface area contributed by atoms with E-state index < -0.39 is 0 Å². The Bertz CT molecular complexity index is 417.